The molecule has 104 valence electrons. The van der Waals surface area contributed by atoms with Crippen molar-refractivity contribution in [3.05, 3.63) is 0 Å². The third-order valence-corrected chi connectivity index (χ3v) is 3.60. The highest BCUT2D eigenvalue weighted by Crippen LogP contribution is 2.35. The molecule has 5 heteroatoms. The number of hydrogen-bond acceptors (Lipinski definition) is 3. The van der Waals surface area contributed by atoms with Crippen LogP contribution < -0.4 is 5.73 Å². The van der Waals surface area contributed by atoms with Crippen LogP contribution >= 0.6 is 0 Å². The fraction of sp³-hybridized carbons (Fsp3) is 0.846. The number of hydrogen-bond donors (Lipinski definition) is 2. The predicted octanol–water partition coefficient (Wildman–Crippen LogP) is 1.22. The van der Waals surface area contributed by atoms with Gasteiger partial charge in [0.1, 0.15) is 0 Å². The number of carboxylic acid groups (broad SMARTS) is 1. The molecule has 0 bridgehead atoms. The molecule has 1 heterocycles. The van der Waals surface area contributed by atoms with E-state index in [1.165, 1.54) is 0 Å². The van der Waals surface area contributed by atoms with Gasteiger partial charge < -0.3 is 15.7 Å². The molecule has 1 rings (SSSR count). The maximum absolute atomic E-state index is 12.1. The third-order valence-electron chi connectivity index (χ3n) is 3.60. The fourth-order valence-electron chi connectivity index (χ4n) is 2.68. The van der Waals surface area contributed by atoms with Gasteiger partial charge in [-0.1, -0.05) is 13.3 Å². The van der Waals surface area contributed by atoms with Crippen LogP contribution in [0, 0.1) is 5.41 Å². The van der Waals surface area contributed by atoms with Crippen LogP contribution in [0.3, 0.4) is 0 Å². The Morgan fingerprint density at radius 2 is 2.06 bits per heavy atom. The minimum Gasteiger partial charge on any atom is -0.481 e. The first-order valence-corrected chi connectivity index (χ1v) is 6.54. The van der Waals surface area contributed by atoms with E-state index in [-0.39, 0.29) is 12.5 Å². The highest BCUT2D eigenvalue weighted by Gasteiger charge is 2.44. The molecule has 1 aliphatic heterocycles. The topological polar surface area (TPSA) is 83.6 Å². The van der Waals surface area contributed by atoms with Crippen LogP contribution in [0.4, 0.5) is 0 Å². The van der Waals surface area contributed by atoms with Gasteiger partial charge in [-0.05, 0) is 33.1 Å². The summed E-state index contributed by atoms with van der Waals surface area (Å²) >= 11 is 0. The number of piperidine rings is 1. The third kappa shape index (κ3) is 3.02. The lowest BCUT2D eigenvalue weighted by Crippen LogP contribution is -2.57. The summed E-state index contributed by atoms with van der Waals surface area (Å²) in [5.74, 6) is -0.958. The number of nitrogens with two attached hydrogens (primary N) is 1. The summed E-state index contributed by atoms with van der Waals surface area (Å²) in [7, 11) is 0. The van der Waals surface area contributed by atoms with Crippen molar-refractivity contribution >= 4 is 11.9 Å². The smallest absolute Gasteiger partial charge is 0.311 e. The van der Waals surface area contributed by atoms with E-state index in [2.05, 4.69) is 0 Å². The predicted molar refractivity (Wildman–Crippen MR) is 69.1 cm³/mol. The van der Waals surface area contributed by atoms with E-state index in [0.717, 1.165) is 12.8 Å². The second-order valence-corrected chi connectivity index (χ2v) is 5.89. The molecular weight excluding hydrogens is 232 g/mol. The molecule has 1 aliphatic rings. The van der Waals surface area contributed by atoms with Crippen LogP contribution in [0.15, 0.2) is 0 Å². The minimum absolute atomic E-state index is 0.163. The van der Waals surface area contributed by atoms with Gasteiger partial charge in [0.05, 0.1) is 11.0 Å². The summed E-state index contributed by atoms with van der Waals surface area (Å²) in [6.45, 7) is 6.19. The van der Waals surface area contributed by atoms with Crippen molar-refractivity contribution in [2.24, 2.45) is 11.1 Å². The number of likely N-dealkylation sites (tertiary alicyclic amines) is 1. The van der Waals surface area contributed by atoms with E-state index in [1.807, 2.05) is 6.92 Å². The fourth-order valence-corrected chi connectivity index (χ4v) is 2.68. The largest absolute Gasteiger partial charge is 0.481 e. The lowest BCUT2D eigenvalue weighted by Gasteiger charge is -2.41. The Balaban J connectivity index is 2.88. The first kappa shape index (κ1) is 15.0. The Labute approximate surface area is 108 Å². The zero-order valence-corrected chi connectivity index (χ0v) is 11.5. The van der Waals surface area contributed by atoms with E-state index in [4.69, 9.17) is 5.73 Å². The Kier molecular flexibility index (Phi) is 4.37. The Morgan fingerprint density at radius 3 is 2.50 bits per heavy atom. The first-order valence-electron chi connectivity index (χ1n) is 6.54. The van der Waals surface area contributed by atoms with Gasteiger partial charge in [0, 0.05) is 13.1 Å². The molecule has 1 saturated heterocycles. The van der Waals surface area contributed by atoms with Crippen molar-refractivity contribution < 1.29 is 14.7 Å². The maximum Gasteiger partial charge on any atom is 0.311 e. The number of nitrogens with zero attached hydrogens (tertiary/aromatic N) is 1. The number of amides is 1. The molecule has 1 amide bonds. The second-order valence-electron chi connectivity index (χ2n) is 5.89. The summed E-state index contributed by atoms with van der Waals surface area (Å²) in [5.41, 5.74) is 4.09. The van der Waals surface area contributed by atoms with Gasteiger partial charge in [0.2, 0.25) is 5.91 Å². The Morgan fingerprint density at radius 1 is 1.44 bits per heavy atom. The number of aliphatic carboxylic acids is 1. The molecule has 0 radical (unpaired) electrons. The van der Waals surface area contributed by atoms with E-state index in [1.54, 1.807) is 18.7 Å². The van der Waals surface area contributed by atoms with E-state index >= 15 is 0 Å². The lowest BCUT2D eigenvalue weighted by atomic mass is 9.76. The molecule has 0 aromatic heterocycles. The van der Waals surface area contributed by atoms with E-state index in [9.17, 15) is 14.7 Å². The van der Waals surface area contributed by atoms with Gasteiger partial charge in [-0.2, -0.15) is 0 Å². The quantitative estimate of drug-likeness (QED) is 0.792. The number of carbonyl (C=O) groups is 2. The summed E-state index contributed by atoms with van der Waals surface area (Å²) < 4.78 is 0. The molecule has 3 N–H and O–H groups in total. The number of carbonyl (C=O) groups excluding carboxylic acids is 1. The molecule has 1 atom stereocenters. The summed E-state index contributed by atoms with van der Waals surface area (Å²) in [6, 6.07) is 0. The zero-order valence-electron chi connectivity index (χ0n) is 11.5. The van der Waals surface area contributed by atoms with Crippen LogP contribution in [-0.2, 0) is 9.59 Å². The Hall–Kier alpha value is -1.10. The van der Waals surface area contributed by atoms with Gasteiger partial charge in [0.15, 0.2) is 0 Å². The van der Waals surface area contributed by atoms with E-state index < -0.39 is 16.9 Å². The molecule has 18 heavy (non-hydrogen) atoms. The van der Waals surface area contributed by atoms with Gasteiger partial charge in [-0.3, -0.25) is 9.59 Å². The normalized spacial score (nSPS) is 25.0. The summed E-state index contributed by atoms with van der Waals surface area (Å²) in [6.07, 6.45) is 2.79. The molecule has 0 aromatic carbocycles. The monoisotopic (exact) mass is 256 g/mol. The lowest BCUT2D eigenvalue weighted by molar-refractivity contribution is -0.156. The second kappa shape index (κ2) is 5.26. The Bertz CT molecular complexity index is 332. The van der Waals surface area contributed by atoms with E-state index in [0.29, 0.717) is 19.4 Å². The average molecular weight is 256 g/mol. The van der Waals surface area contributed by atoms with Crippen molar-refractivity contribution in [3.8, 4) is 0 Å². The van der Waals surface area contributed by atoms with Gasteiger partial charge in [-0.25, -0.2) is 0 Å². The van der Waals surface area contributed by atoms with Gasteiger partial charge >= 0.3 is 5.97 Å². The SMILES string of the molecule is CCCC1(C(=O)O)CCCN(C(=O)C(C)(C)N)C1. The summed E-state index contributed by atoms with van der Waals surface area (Å²) in [5, 5.41) is 9.45. The van der Waals surface area contributed by atoms with Crippen molar-refractivity contribution in [2.45, 2.75) is 52.0 Å². The average Bonchev–Trinajstić information content (AvgIpc) is 2.27. The molecule has 0 aromatic rings. The van der Waals surface area contributed by atoms with Crippen molar-refractivity contribution in [2.75, 3.05) is 13.1 Å². The van der Waals surface area contributed by atoms with Crippen LogP contribution in [0.1, 0.15) is 46.5 Å². The maximum atomic E-state index is 12.1. The molecule has 1 fully saturated rings. The molecule has 5 nitrogen and oxygen atoms in total. The molecule has 1 unspecified atom stereocenters. The van der Waals surface area contributed by atoms with Crippen LogP contribution in [0.25, 0.3) is 0 Å². The minimum atomic E-state index is -0.937. The molecule has 0 aliphatic carbocycles. The molecule has 0 spiro atoms. The number of carboxylic acids is 1. The van der Waals surface area contributed by atoms with Crippen LogP contribution in [0.2, 0.25) is 0 Å². The number of rotatable bonds is 4. The van der Waals surface area contributed by atoms with Crippen molar-refractivity contribution in [1.29, 1.82) is 0 Å². The molecule has 0 saturated carbocycles. The zero-order chi connectivity index (χ0) is 14.0. The summed E-state index contributed by atoms with van der Waals surface area (Å²) in [4.78, 5) is 25.3. The van der Waals surface area contributed by atoms with Gasteiger partial charge in [-0.15, -0.1) is 0 Å². The van der Waals surface area contributed by atoms with Crippen LogP contribution in [-0.4, -0.2) is 40.5 Å². The van der Waals surface area contributed by atoms with Crippen molar-refractivity contribution in [1.82, 2.24) is 4.90 Å². The van der Waals surface area contributed by atoms with Crippen molar-refractivity contribution in [3.63, 3.8) is 0 Å². The van der Waals surface area contributed by atoms with Crippen LogP contribution in [0.5, 0.6) is 0 Å². The highest BCUT2D eigenvalue weighted by molar-refractivity contribution is 5.86. The first-order chi connectivity index (χ1) is 8.23. The highest BCUT2D eigenvalue weighted by atomic mass is 16.4. The van der Waals surface area contributed by atoms with Gasteiger partial charge in [0.25, 0.3) is 0 Å². The standard InChI is InChI=1S/C13H24N2O3/c1-4-6-13(11(17)18)7-5-8-15(9-13)10(16)12(2,3)14/h4-9,14H2,1-3H3,(H,17,18). The molecular formula is C13H24N2O3.